The first-order valence-corrected chi connectivity index (χ1v) is 6.85. The molecule has 2 rings (SSSR count). The van der Waals surface area contributed by atoms with Crippen molar-refractivity contribution in [3.8, 4) is 5.75 Å². The highest BCUT2D eigenvalue weighted by atomic mass is 16.7. The van der Waals surface area contributed by atoms with Gasteiger partial charge in [-0.05, 0) is 24.6 Å². The zero-order valence-electron chi connectivity index (χ0n) is 12.4. The molecular weight excluding hydrogens is 276 g/mol. The second kappa shape index (κ2) is 7.20. The number of aliphatic hydroxyl groups is 2. The third kappa shape index (κ3) is 3.72. The molecule has 2 N–H and O–H groups in total. The summed E-state index contributed by atoms with van der Waals surface area (Å²) >= 11 is 0. The third-order valence-corrected chi connectivity index (χ3v) is 3.64. The van der Waals surface area contributed by atoms with E-state index in [1.165, 1.54) is 7.11 Å². The van der Waals surface area contributed by atoms with Gasteiger partial charge in [-0.25, -0.2) is 0 Å². The normalized spacial score (nSPS) is 32.9. The fourth-order valence-electron chi connectivity index (χ4n) is 2.43. The number of aliphatic hydroxyl groups excluding tert-OH is 2. The van der Waals surface area contributed by atoms with Crippen LogP contribution in [0.15, 0.2) is 24.3 Å². The summed E-state index contributed by atoms with van der Waals surface area (Å²) in [7, 11) is 3.13. The molecule has 1 fully saturated rings. The number of hydrogen-bond donors (Lipinski definition) is 2. The van der Waals surface area contributed by atoms with Crippen LogP contribution in [0, 0.1) is 0 Å². The van der Waals surface area contributed by atoms with Crippen molar-refractivity contribution in [1.29, 1.82) is 0 Å². The summed E-state index contributed by atoms with van der Waals surface area (Å²) in [6.07, 6.45) is -3.89. The number of hydrogen-bond acceptors (Lipinski definition) is 6. The summed E-state index contributed by atoms with van der Waals surface area (Å²) < 4.78 is 21.4. The molecule has 21 heavy (non-hydrogen) atoms. The number of rotatable bonds is 5. The molecule has 1 aliphatic rings. The Bertz CT molecular complexity index is 434. The minimum atomic E-state index is -1.27. The maximum atomic E-state index is 10.0. The summed E-state index contributed by atoms with van der Waals surface area (Å²) in [5, 5.41) is 19.7. The Morgan fingerprint density at radius 1 is 1.10 bits per heavy atom. The van der Waals surface area contributed by atoms with Gasteiger partial charge >= 0.3 is 0 Å². The average Bonchev–Trinajstić information content (AvgIpc) is 2.50. The molecule has 5 atom stereocenters. The maximum Gasteiger partial charge on any atom is 0.183 e. The van der Waals surface area contributed by atoms with E-state index < -0.39 is 24.6 Å². The summed E-state index contributed by atoms with van der Waals surface area (Å²) in [6, 6.07) is 7.44. The van der Waals surface area contributed by atoms with Gasteiger partial charge < -0.3 is 29.2 Å². The molecule has 1 heterocycles. The van der Waals surface area contributed by atoms with Gasteiger partial charge in [0.1, 0.15) is 24.1 Å². The van der Waals surface area contributed by atoms with Crippen LogP contribution in [0.2, 0.25) is 0 Å². The number of ether oxygens (including phenoxy) is 4. The van der Waals surface area contributed by atoms with Crippen LogP contribution in [-0.4, -0.2) is 55.1 Å². The van der Waals surface area contributed by atoms with Crippen molar-refractivity contribution in [2.45, 2.75) is 44.2 Å². The first-order chi connectivity index (χ1) is 10.1. The monoisotopic (exact) mass is 298 g/mol. The molecule has 1 aromatic carbocycles. The molecule has 0 unspecified atom stereocenters. The van der Waals surface area contributed by atoms with E-state index in [0.717, 1.165) is 11.3 Å². The Labute approximate surface area is 124 Å². The summed E-state index contributed by atoms with van der Waals surface area (Å²) in [6.45, 7) is 2.07. The minimum Gasteiger partial charge on any atom is -0.497 e. The lowest BCUT2D eigenvalue weighted by Crippen LogP contribution is -2.58. The summed E-state index contributed by atoms with van der Waals surface area (Å²) in [5.41, 5.74) is 0.937. The molecule has 6 nitrogen and oxygen atoms in total. The highest BCUT2D eigenvalue weighted by molar-refractivity contribution is 5.26. The molecule has 0 amide bonds. The van der Waals surface area contributed by atoms with Crippen molar-refractivity contribution < 1.29 is 29.2 Å². The Morgan fingerprint density at radius 2 is 1.76 bits per heavy atom. The van der Waals surface area contributed by atoms with E-state index in [1.54, 1.807) is 14.0 Å². The Morgan fingerprint density at radius 3 is 2.33 bits per heavy atom. The van der Waals surface area contributed by atoms with E-state index in [0.29, 0.717) is 6.61 Å². The van der Waals surface area contributed by atoms with Gasteiger partial charge in [0, 0.05) is 7.11 Å². The number of benzene rings is 1. The van der Waals surface area contributed by atoms with E-state index in [4.69, 9.17) is 18.9 Å². The van der Waals surface area contributed by atoms with Gasteiger partial charge in [-0.15, -0.1) is 0 Å². The van der Waals surface area contributed by atoms with Crippen molar-refractivity contribution in [2.24, 2.45) is 0 Å². The fourth-order valence-corrected chi connectivity index (χ4v) is 2.43. The van der Waals surface area contributed by atoms with Gasteiger partial charge in [-0.2, -0.15) is 0 Å². The van der Waals surface area contributed by atoms with Gasteiger partial charge in [0.15, 0.2) is 6.29 Å². The zero-order chi connectivity index (χ0) is 15.4. The molecule has 1 saturated heterocycles. The topological polar surface area (TPSA) is 77.4 Å². The quantitative estimate of drug-likeness (QED) is 0.833. The molecule has 1 aromatic rings. The van der Waals surface area contributed by atoms with E-state index in [-0.39, 0.29) is 6.10 Å². The zero-order valence-corrected chi connectivity index (χ0v) is 12.4. The molecule has 0 saturated carbocycles. The van der Waals surface area contributed by atoms with Crippen LogP contribution in [0.3, 0.4) is 0 Å². The summed E-state index contributed by atoms with van der Waals surface area (Å²) in [4.78, 5) is 0. The van der Waals surface area contributed by atoms with Crippen LogP contribution in [0.1, 0.15) is 12.5 Å². The fraction of sp³-hybridized carbons (Fsp3) is 0.600. The van der Waals surface area contributed by atoms with Gasteiger partial charge in [0.05, 0.1) is 19.8 Å². The van der Waals surface area contributed by atoms with Crippen LogP contribution in [0.4, 0.5) is 0 Å². The molecule has 0 spiro atoms. The lowest BCUT2D eigenvalue weighted by atomic mass is 9.99. The van der Waals surface area contributed by atoms with Crippen LogP contribution in [0.5, 0.6) is 5.75 Å². The van der Waals surface area contributed by atoms with Crippen molar-refractivity contribution in [3.05, 3.63) is 29.8 Å². The standard InChI is InChI=1S/C15H22O6/c1-9-13(19-3)14(12(16)15(17)21-9)20-8-10-4-6-11(18-2)7-5-10/h4-7,9,12-17H,8H2,1-3H3/t9-,12+,13-,14-,15+/m0/s1. The Balaban J connectivity index is 2.01. The Kier molecular flexibility index (Phi) is 5.55. The maximum absolute atomic E-state index is 10.0. The highest BCUT2D eigenvalue weighted by Crippen LogP contribution is 2.25. The van der Waals surface area contributed by atoms with Crippen molar-refractivity contribution in [1.82, 2.24) is 0 Å². The predicted molar refractivity (Wildman–Crippen MR) is 74.9 cm³/mol. The van der Waals surface area contributed by atoms with E-state index in [9.17, 15) is 10.2 Å². The van der Waals surface area contributed by atoms with Gasteiger partial charge in [0.25, 0.3) is 0 Å². The molecule has 0 aliphatic carbocycles. The first-order valence-electron chi connectivity index (χ1n) is 6.85. The smallest absolute Gasteiger partial charge is 0.183 e. The molecular formula is C15H22O6. The third-order valence-electron chi connectivity index (χ3n) is 3.64. The minimum absolute atomic E-state index is 0.297. The highest BCUT2D eigenvalue weighted by Gasteiger charge is 2.43. The van der Waals surface area contributed by atoms with Crippen molar-refractivity contribution in [2.75, 3.05) is 14.2 Å². The van der Waals surface area contributed by atoms with Crippen molar-refractivity contribution in [3.63, 3.8) is 0 Å². The molecule has 1 aliphatic heterocycles. The van der Waals surface area contributed by atoms with E-state index in [2.05, 4.69) is 0 Å². The van der Waals surface area contributed by atoms with Crippen LogP contribution in [-0.2, 0) is 20.8 Å². The van der Waals surface area contributed by atoms with Crippen LogP contribution >= 0.6 is 0 Å². The van der Waals surface area contributed by atoms with E-state index >= 15 is 0 Å². The lowest BCUT2D eigenvalue weighted by Gasteiger charge is -2.41. The molecule has 118 valence electrons. The first kappa shape index (κ1) is 16.2. The van der Waals surface area contributed by atoms with Gasteiger partial charge in [-0.1, -0.05) is 12.1 Å². The number of methoxy groups -OCH3 is 2. The van der Waals surface area contributed by atoms with Crippen LogP contribution < -0.4 is 4.74 Å². The Hall–Kier alpha value is -1.18. The average molecular weight is 298 g/mol. The lowest BCUT2D eigenvalue weighted by molar-refractivity contribution is -0.291. The van der Waals surface area contributed by atoms with Crippen LogP contribution in [0.25, 0.3) is 0 Å². The molecule has 0 radical (unpaired) electrons. The van der Waals surface area contributed by atoms with Crippen molar-refractivity contribution >= 4 is 0 Å². The van der Waals surface area contributed by atoms with Gasteiger partial charge in [0.2, 0.25) is 0 Å². The van der Waals surface area contributed by atoms with Gasteiger partial charge in [-0.3, -0.25) is 0 Å². The SMILES string of the molecule is COc1ccc(CO[C@H]2[C@@H](O)[C@H](O)O[C@@H](C)[C@@H]2OC)cc1. The largest absolute Gasteiger partial charge is 0.497 e. The van der Waals surface area contributed by atoms with E-state index in [1.807, 2.05) is 24.3 Å². The second-order valence-corrected chi connectivity index (χ2v) is 5.05. The predicted octanol–water partition coefficient (Wildman–Crippen LogP) is 0.693. The second-order valence-electron chi connectivity index (χ2n) is 5.05. The molecule has 0 aromatic heterocycles. The summed E-state index contributed by atoms with van der Waals surface area (Å²) in [5.74, 6) is 0.767. The molecule has 0 bridgehead atoms. The molecule has 6 heteroatoms.